The molecule has 176 valence electrons. The molecule has 3 N–H and O–H groups in total. The minimum atomic E-state index is 0.456. The van der Waals surface area contributed by atoms with Crippen LogP contribution in [0.3, 0.4) is 0 Å². The summed E-state index contributed by atoms with van der Waals surface area (Å²) < 4.78 is 0. The molecular formula is C29H50N2. The molecule has 0 amide bonds. The first kappa shape index (κ1) is 22.5. The second-order valence-electron chi connectivity index (χ2n) is 13.5. The monoisotopic (exact) mass is 426 g/mol. The molecule has 1 saturated heterocycles. The van der Waals surface area contributed by atoms with Crippen LogP contribution >= 0.6 is 0 Å². The quantitative estimate of drug-likeness (QED) is 0.500. The highest BCUT2D eigenvalue weighted by atomic mass is 15.0. The molecule has 0 aromatic carbocycles. The first-order valence-electron chi connectivity index (χ1n) is 13.9. The maximum Gasteiger partial charge on any atom is 0.0101 e. The standard InChI is InChI=1S/C29H50N2/c1-18(2)22-12-15-31-27(22)16-19(3)24-8-9-25-23-7-6-20-17-21(30)10-13-28(20,4)26(23)11-14-29(24,25)5/h7,18-22,24-27,31H,6,8-17,30H2,1-5H3/t19-,20?,21+,22?,24+,25-,26-,27?,28-,29+/m0/s1. The molecule has 4 aliphatic carbocycles. The lowest BCUT2D eigenvalue weighted by Gasteiger charge is -2.58. The van der Waals surface area contributed by atoms with Gasteiger partial charge in [0, 0.05) is 12.1 Å². The summed E-state index contributed by atoms with van der Waals surface area (Å²) in [5.74, 6) is 6.03. The molecular weight excluding hydrogens is 376 g/mol. The van der Waals surface area contributed by atoms with Crippen molar-refractivity contribution < 1.29 is 0 Å². The van der Waals surface area contributed by atoms with Gasteiger partial charge in [-0.05, 0) is 123 Å². The van der Waals surface area contributed by atoms with Crippen LogP contribution in [-0.2, 0) is 0 Å². The highest BCUT2D eigenvalue weighted by molar-refractivity contribution is 5.27. The largest absolute Gasteiger partial charge is 0.328 e. The molecule has 0 radical (unpaired) electrons. The van der Waals surface area contributed by atoms with Gasteiger partial charge in [-0.3, -0.25) is 0 Å². The molecule has 5 aliphatic rings. The molecule has 2 nitrogen and oxygen atoms in total. The summed E-state index contributed by atoms with van der Waals surface area (Å²) in [7, 11) is 0. The Kier molecular flexibility index (Phi) is 5.91. The Balaban J connectivity index is 1.33. The highest BCUT2D eigenvalue weighted by Crippen LogP contribution is 2.67. The Morgan fingerprint density at radius 2 is 1.74 bits per heavy atom. The molecule has 1 aliphatic heterocycles. The number of fused-ring (bicyclic) bond motifs is 5. The minimum absolute atomic E-state index is 0.456. The van der Waals surface area contributed by atoms with E-state index < -0.39 is 0 Å². The first-order chi connectivity index (χ1) is 14.7. The zero-order chi connectivity index (χ0) is 22.0. The number of hydrogen-bond acceptors (Lipinski definition) is 2. The van der Waals surface area contributed by atoms with E-state index in [1.54, 1.807) is 0 Å². The average Bonchev–Trinajstić information content (AvgIpc) is 3.32. The lowest BCUT2D eigenvalue weighted by Crippen LogP contribution is -2.51. The Hall–Kier alpha value is -0.340. The van der Waals surface area contributed by atoms with Gasteiger partial charge in [0.2, 0.25) is 0 Å². The second-order valence-corrected chi connectivity index (χ2v) is 13.5. The maximum atomic E-state index is 6.40. The summed E-state index contributed by atoms with van der Waals surface area (Å²) >= 11 is 0. The molecule has 0 bridgehead atoms. The number of allylic oxidation sites excluding steroid dienone is 2. The third-order valence-electron chi connectivity index (χ3n) is 11.8. The van der Waals surface area contributed by atoms with Crippen molar-refractivity contribution in [2.75, 3.05) is 6.54 Å². The molecule has 3 unspecified atom stereocenters. The predicted octanol–water partition coefficient (Wildman–Crippen LogP) is 6.55. The highest BCUT2D eigenvalue weighted by Gasteiger charge is 2.58. The SMILES string of the molecule is CC(C)C1CCNC1C[C@H](C)[C@H]1CC[C@H]2C3=CCC4C[C@H](N)CC[C@]4(C)[C@H]3CC[C@]12C. The van der Waals surface area contributed by atoms with E-state index >= 15 is 0 Å². The normalized spacial score (nSPS) is 50.5. The van der Waals surface area contributed by atoms with Gasteiger partial charge in [0.15, 0.2) is 0 Å². The van der Waals surface area contributed by atoms with Gasteiger partial charge in [-0.25, -0.2) is 0 Å². The molecule has 0 aromatic heterocycles. The topological polar surface area (TPSA) is 38.0 Å². The van der Waals surface area contributed by atoms with Crippen molar-refractivity contribution in [3.8, 4) is 0 Å². The Labute approximate surface area is 192 Å². The van der Waals surface area contributed by atoms with E-state index in [0.717, 1.165) is 47.5 Å². The summed E-state index contributed by atoms with van der Waals surface area (Å²) in [5, 5.41) is 3.89. The minimum Gasteiger partial charge on any atom is -0.328 e. The van der Waals surface area contributed by atoms with Crippen LogP contribution in [0.4, 0.5) is 0 Å². The van der Waals surface area contributed by atoms with Gasteiger partial charge in [-0.1, -0.05) is 46.3 Å². The van der Waals surface area contributed by atoms with Crippen LogP contribution in [0, 0.1) is 52.3 Å². The van der Waals surface area contributed by atoms with Crippen LogP contribution in [0.1, 0.15) is 98.8 Å². The number of nitrogens with two attached hydrogens (primary N) is 1. The molecule has 0 spiro atoms. The lowest BCUT2D eigenvalue weighted by atomic mass is 9.47. The van der Waals surface area contributed by atoms with Gasteiger partial charge >= 0.3 is 0 Å². The van der Waals surface area contributed by atoms with E-state index in [4.69, 9.17) is 5.73 Å². The van der Waals surface area contributed by atoms with Crippen molar-refractivity contribution in [3.63, 3.8) is 0 Å². The Morgan fingerprint density at radius 1 is 1.00 bits per heavy atom. The van der Waals surface area contributed by atoms with Gasteiger partial charge in [-0.15, -0.1) is 0 Å². The lowest BCUT2D eigenvalue weighted by molar-refractivity contribution is -0.0126. The van der Waals surface area contributed by atoms with Crippen molar-refractivity contribution in [2.24, 2.45) is 58.0 Å². The van der Waals surface area contributed by atoms with Crippen molar-refractivity contribution >= 4 is 0 Å². The molecule has 10 atom stereocenters. The van der Waals surface area contributed by atoms with E-state index in [1.807, 2.05) is 5.57 Å². The van der Waals surface area contributed by atoms with E-state index in [1.165, 1.54) is 70.8 Å². The van der Waals surface area contributed by atoms with Crippen molar-refractivity contribution in [1.29, 1.82) is 0 Å². The summed E-state index contributed by atoms with van der Waals surface area (Å²) in [5.41, 5.74) is 9.38. The molecule has 2 heteroatoms. The molecule has 5 rings (SSSR count). The molecule has 31 heavy (non-hydrogen) atoms. The third-order valence-corrected chi connectivity index (χ3v) is 11.8. The van der Waals surface area contributed by atoms with Crippen LogP contribution in [0.25, 0.3) is 0 Å². The van der Waals surface area contributed by atoms with Crippen LogP contribution in [-0.4, -0.2) is 18.6 Å². The smallest absolute Gasteiger partial charge is 0.0101 e. The van der Waals surface area contributed by atoms with E-state index in [0.29, 0.717) is 16.9 Å². The van der Waals surface area contributed by atoms with Gasteiger partial charge < -0.3 is 11.1 Å². The summed E-state index contributed by atoms with van der Waals surface area (Å²) in [6.07, 6.45) is 16.6. The van der Waals surface area contributed by atoms with Crippen molar-refractivity contribution in [3.05, 3.63) is 11.6 Å². The maximum absolute atomic E-state index is 6.40. The average molecular weight is 427 g/mol. The van der Waals surface area contributed by atoms with Gasteiger partial charge in [0.05, 0.1) is 0 Å². The fraction of sp³-hybridized carbons (Fsp3) is 0.931. The summed E-state index contributed by atoms with van der Waals surface area (Å²) in [6, 6.07) is 1.21. The molecule has 3 saturated carbocycles. The molecule has 4 fully saturated rings. The Morgan fingerprint density at radius 3 is 2.52 bits per heavy atom. The zero-order valence-electron chi connectivity index (χ0n) is 21.1. The number of hydrogen-bond donors (Lipinski definition) is 2. The van der Waals surface area contributed by atoms with Crippen LogP contribution in [0.2, 0.25) is 0 Å². The second kappa shape index (κ2) is 8.15. The Bertz CT molecular complexity index is 697. The predicted molar refractivity (Wildman–Crippen MR) is 132 cm³/mol. The summed E-state index contributed by atoms with van der Waals surface area (Å²) in [6.45, 7) is 14.1. The van der Waals surface area contributed by atoms with Gasteiger partial charge in [0.25, 0.3) is 0 Å². The van der Waals surface area contributed by atoms with Crippen LogP contribution in [0.5, 0.6) is 0 Å². The molecule has 1 heterocycles. The number of nitrogens with one attached hydrogen (secondary N) is 1. The van der Waals surface area contributed by atoms with E-state index in [9.17, 15) is 0 Å². The van der Waals surface area contributed by atoms with Gasteiger partial charge in [0.1, 0.15) is 0 Å². The third kappa shape index (κ3) is 3.58. The van der Waals surface area contributed by atoms with Crippen molar-refractivity contribution in [1.82, 2.24) is 5.32 Å². The van der Waals surface area contributed by atoms with Crippen LogP contribution in [0.15, 0.2) is 11.6 Å². The van der Waals surface area contributed by atoms with E-state index in [-0.39, 0.29) is 0 Å². The van der Waals surface area contributed by atoms with E-state index in [2.05, 4.69) is 46.0 Å². The first-order valence-corrected chi connectivity index (χ1v) is 13.9. The zero-order valence-corrected chi connectivity index (χ0v) is 21.1. The van der Waals surface area contributed by atoms with Crippen molar-refractivity contribution in [2.45, 2.75) is 111 Å². The fourth-order valence-electron chi connectivity index (χ4n) is 9.93. The van der Waals surface area contributed by atoms with Gasteiger partial charge in [-0.2, -0.15) is 0 Å². The fourth-order valence-corrected chi connectivity index (χ4v) is 9.93. The van der Waals surface area contributed by atoms with Crippen LogP contribution < -0.4 is 11.1 Å². The molecule has 0 aromatic rings. The number of rotatable bonds is 4. The summed E-state index contributed by atoms with van der Waals surface area (Å²) in [4.78, 5) is 0.